The van der Waals surface area contributed by atoms with E-state index in [1.165, 1.54) is 6.20 Å². The molecule has 3 N–H and O–H groups in total. The van der Waals surface area contributed by atoms with Gasteiger partial charge in [-0.2, -0.15) is 5.10 Å². The van der Waals surface area contributed by atoms with Gasteiger partial charge >= 0.3 is 0 Å². The molecular weight excluding hydrogens is 192 g/mol. The molecule has 0 spiro atoms. The Kier molecular flexibility index (Phi) is 3.02. The highest BCUT2D eigenvalue weighted by Crippen LogP contribution is 2.17. The van der Waals surface area contributed by atoms with E-state index in [9.17, 15) is 4.79 Å². The van der Waals surface area contributed by atoms with Crippen molar-refractivity contribution in [3.8, 4) is 0 Å². The maximum Gasteiger partial charge on any atom is 0.258 e. The van der Waals surface area contributed by atoms with E-state index in [0.717, 1.165) is 0 Å². The second-order valence-electron chi connectivity index (χ2n) is 4.92. The number of nitrogens with one attached hydrogen (secondary N) is 1. The molecule has 0 aromatic carbocycles. The Bertz CT molecular complexity index is 351. The molecule has 0 atom stereocenters. The van der Waals surface area contributed by atoms with Gasteiger partial charge in [-0.15, -0.1) is 0 Å². The maximum atomic E-state index is 11.9. The average molecular weight is 210 g/mol. The van der Waals surface area contributed by atoms with Gasteiger partial charge in [-0.05, 0) is 5.41 Å². The SMILES string of the molecule is CN(CC(C)(C)C)C(=O)c1cn[nH]c1N. The molecule has 0 aliphatic heterocycles. The zero-order valence-corrected chi connectivity index (χ0v) is 9.66. The summed E-state index contributed by atoms with van der Waals surface area (Å²) < 4.78 is 0. The van der Waals surface area contributed by atoms with E-state index < -0.39 is 0 Å². The van der Waals surface area contributed by atoms with E-state index in [1.54, 1.807) is 11.9 Å². The number of amides is 1. The molecule has 5 heteroatoms. The quantitative estimate of drug-likeness (QED) is 0.767. The van der Waals surface area contributed by atoms with Crippen LogP contribution >= 0.6 is 0 Å². The molecule has 1 aromatic rings. The van der Waals surface area contributed by atoms with Gasteiger partial charge in [0.2, 0.25) is 0 Å². The zero-order chi connectivity index (χ0) is 11.6. The number of nitrogen functional groups attached to an aromatic ring is 1. The van der Waals surface area contributed by atoms with Crippen LogP contribution in [0.5, 0.6) is 0 Å². The van der Waals surface area contributed by atoms with Crippen molar-refractivity contribution < 1.29 is 4.79 Å². The summed E-state index contributed by atoms with van der Waals surface area (Å²) in [5, 5.41) is 6.27. The molecule has 1 heterocycles. The van der Waals surface area contributed by atoms with Crippen molar-refractivity contribution in [2.24, 2.45) is 5.41 Å². The van der Waals surface area contributed by atoms with Crippen LogP contribution in [0.15, 0.2) is 6.20 Å². The lowest BCUT2D eigenvalue weighted by molar-refractivity contribution is 0.0747. The van der Waals surface area contributed by atoms with Gasteiger partial charge < -0.3 is 10.6 Å². The van der Waals surface area contributed by atoms with Crippen molar-refractivity contribution in [3.63, 3.8) is 0 Å². The average Bonchev–Trinajstić information content (AvgIpc) is 2.47. The van der Waals surface area contributed by atoms with Crippen molar-refractivity contribution in [2.45, 2.75) is 20.8 Å². The number of carbonyl (C=O) groups is 1. The molecule has 0 radical (unpaired) electrons. The Morgan fingerprint density at radius 3 is 2.60 bits per heavy atom. The van der Waals surface area contributed by atoms with E-state index in [-0.39, 0.29) is 11.3 Å². The third-order valence-corrected chi connectivity index (χ3v) is 1.96. The topological polar surface area (TPSA) is 75.0 Å². The smallest absolute Gasteiger partial charge is 0.258 e. The van der Waals surface area contributed by atoms with Crippen LogP contribution in [0.3, 0.4) is 0 Å². The van der Waals surface area contributed by atoms with Gasteiger partial charge in [0, 0.05) is 13.6 Å². The minimum absolute atomic E-state index is 0.0723. The van der Waals surface area contributed by atoms with Crippen LogP contribution in [-0.4, -0.2) is 34.6 Å². The number of aromatic nitrogens is 2. The molecular formula is C10H18N4O. The Morgan fingerprint density at radius 1 is 1.60 bits per heavy atom. The van der Waals surface area contributed by atoms with Crippen LogP contribution in [0, 0.1) is 5.41 Å². The molecule has 0 saturated heterocycles. The number of hydrogen-bond acceptors (Lipinski definition) is 3. The fraction of sp³-hybridized carbons (Fsp3) is 0.600. The summed E-state index contributed by atoms with van der Waals surface area (Å²) in [7, 11) is 1.76. The lowest BCUT2D eigenvalue weighted by atomic mass is 9.96. The molecule has 1 aromatic heterocycles. The second-order valence-corrected chi connectivity index (χ2v) is 4.92. The molecule has 84 valence electrons. The van der Waals surface area contributed by atoms with Gasteiger partial charge in [0.15, 0.2) is 0 Å². The van der Waals surface area contributed by atoms with Crippen LogP contribution in [0.25, 0.3) is 0 Å². The van der Waals surface area contributed by atoms with Crippen LogP contribution in [-0.2, 0) is 0 Å². The fourth-order valence-electron chi connectivity index (χ4n) is 1.46. The molecule has 15 heavy (non-hydrogen) atoms. The predicted molar refractivity (Wildman–Crippen MR) is 59.4 cm³/mol. The fourth-order valence-corrected chi connectivity index (χ4v) is 1.46. The van der Waals surface area contributed by atoms with E-state index in [4.69, 9.17) is 5.73 Å². The summed E-state index contributed by atoms with van der Waals surface area (Å²) in [6.07, 6.45) is 1.46. The van der Waals surface area contributed by atoms with E-state index in [2.05, 4.69) is 31.0 Å². The molecule has 0 aliphatic carbocycles. The van der Waals surface area contributed by atoms with Crippen LogP contribution in [0.2, 0.25) is 0 Å². The van der Waals surface area contributed by atoms with Crippen LogP contribution in [0.1, 0.15) is 31.1 Å². The second kappa shape index (κ2) is 3.92. The summed E-state index contributed by atoms with van der Waals surface area (Å²) >= 11 is 0. The third kappa shape index (κ3) is 2.97. The number of carbonyl (C=O) groups excluding carboxylic acids is 1. The van der Waals surface area contributed by atoms with Gasteiger partial charge in [-0.25, -0.2) is 0 Å². The van der Waals surface area contributed by atoms with E-state index in [0.29, 0.717) is 17.9 Å². The summed E-state index contributed by atoms with van der Waals surface area (Å²) in [4.78, 5) is 13.5. The minimum atomic E-state index is -0.101. The van der Waals surface area contributed by atoms with Gasteiger partial charge in [0.05, 0.1) is 6.20 Å². The standard InChI is InChI=1S/C10H18N4O/c1-10(2,3)6-14(4)9(15)7-5-12-13-8(7)11/h5H,6H2,1-4H3,(H3,11,12,13). The first-order chi connectivity index (χ1) is 6.81. The Labute approximate surface area is 89.6 Å². The Morgan fingerprint density at radius 2 is 2.20 bits per heavy atom. The summed E-state index contributed by atoms with van der Waals surface area (Å²) in [5.41, 5.74) is 6.08. The van der Waals surface area contributed by atoms with Crippen molar-refractivity contribution in [1.29, 1.82) is 0 Å². The first kappa shape index (κ1) is 11.6. The molecule has 0 bridgehead atoms. The molecule has 0 saturated carbocycles. The normalized spacial score (nSPS) is 11.5. The highest BCUT2D eigenvalue weighted by molar-refractivity contribution is 5.97. The lowest BCUT2D eigenvalue weighted by Crippen LogP contribution is -2.34. The van der Waals surface area contributed by atoms with Gasteiger partial charge in [-0.1, -0.05) is 20.8 Å². The third-order valence-electron chi connectivity index (χ3n) is 1.96. The van der Waals surface area contributed by atoms with E-state index in [1.807, 2.05) is 0 Å². The first-order valence-electron chi connectivity index (χ1n) is 4.85. The Hall–Kier alpha value is -1.52. The zero-order valence-electron chi connectivity index (χ0n) is 9.66. The lowest BCUT2D eigenvalue weighted by Gasteiger charge is -2.26. The van der Waals surface area contributed by atoms with Crippen LogP contribution < -0.4 is 5.73 Å². The predicted octanol–water partition coefficient (Wildman–Crippen LogP) is 1.11. The van der Waals surface area contributed by atoms with Crippen molar-refractivity contribution in [2.75, 3.05) is 19.3 Å². The highest BCUT2D eigenvalue weighted by Gasteiger charge is 2.21. The van der Waals surface area contributed by atoms with Crippen molar-refractivity contribution in [1.82, 2.24) is 15.1 Å². The van der Waals surface area contributed by atoms with Gasteiger partial charge in [-0.3, -0.25) is 9.89 Å². The van der Waals surface area contributed by atoms with Crippen LogP contribution in [0.4, 0.5) is 5.82 Å². The van der Waals surface area contributed by atoms with Crippen molar-refractivity contribution in [3.05, 3.63) is 11.8 Å². The highest BCUT2D eigenvalue weighted by atomic mass is 16.2. The van der Waals surface area contributed by atoms with Gasteiger partial charge in [0.1, 0.15) is 11.4 Å². The number of nitrogens with zero attached hydrogens (tertiary/aromatic N) is 2. The molecule has 5 nitrogen and oxygen atoms in total. The van der Waals surface area contributed by atoms with E-state index >= 15 is 0 Å². The first-order valence-corrected chi connectivity index (χ1v) is 4.85. The Balaban J connectivity index is 2.74. The number of rotatable bonds is 2. The number of nitrogens with two attached hydrogens (primary N) is 1. The number of H-pyrrole nitrogens is 1. The number of aromatic amines is 1. The molecule has 1 rings (SSSR count). The maximum absolute atomic E-state index is 11.9. The van der Waals surface area contributed by atoms with Crippen molar-refractivity contribution >= 4 is 11.7 Å². The summed E-state index contributed by atoms with van der Waals surface area (Å²) in [5.74, 6) is 0.219. The van der Waals surface area contributed by atoms with Gasteiger partial charge in [0.25, 0.3) is 5.91 Å². The number of anilines is 1. The molecule has 0 unspecified atom stereocenters. The monoisotopic (exact) mass is 210 g/mol. The molecule has 0 aliphatic rings. The number of hydrogen-bond donors (Lipinski definition) is 2. The minimum Gasteiger partial charge on any atom is -0.383 e. The summed E-state index contributed by atoms with van der Waals surface area (Å²) in [6.45, 7) is 6.91. The largest absolute Gasteiger partial charge is 0.383 e. The molecule has 1 amide bonds. The summed E-state index contributed by atoms with van der Waals surface area (Å²) in [6, 6.07) is 0. The molecule has 0 fully saturated rings.